The molecule has 0 spiro atoms. The number of rotatable bonds is 7. The number of nitro groups is 1. The van der Waals surface area contributed by atoms with E-state index < -0.39 is 27.4 Å². The molecule has 0 aromatic heterocycles. The third-order valence-corrected chi connectivity index (χ3v) is 6.52. The van der Waals surface area contributed by atoms with E-state index >= 15 is 0 Å². The van der Waals surface area contributed by atoms with E-state index in [9.17, 15) is 23.3 Å². The zero-order chi connectivity index (χ0) is 21.1. The first-order chi connectivity index (χ1) is 13.1. The van der Waals surface area contributed by atoms with Crippen molar-refractivity contribution in [3.05, 3.63) is 62.1 Å². The van der Waals surface area contributed by atoms with Gasteiger partial charge in [-0.2, -0.15) is 4.31 Å². The lowest BCUT2D eigenvalue weighted by Crippen LogP contribution is -2.35. The predicted molar refractivity (Wildman–Crippen MR) is 107 cm³/mol. The molecule has 150 valence electrons. The third-order valence-electron chi connectivity index (χ3n) is 3.90. The number of hydrogen-bond acceptors (Lipinski definition) is 5. The third kappa shape index (κ3) is 4.99. The Hall–Kier alpha value is -2.20. The Kier molecular flexibility index (Phi) is 7.00. The van der Waals surface area contributed by atoms with Crippen molar-refractivity contribution in [2.45, 2.75) is 18.2 Å². The molecule has 0 fully saturated rings. The summed E-state index contributed by atoms with van der Waals surface area (Å²) in [5.74, 6) is -0.604. The van der Waals surface area contributed by atoms with Gasteiger partial charge in [-0.15, -0.1) is 0 Å². The van der Waals surface area contributed by atoms with Gasteiger partial charge in [0.2, 0.25) is 15.9 Å². The SMILES string of the molecule is CCc1ccc([N+](=O)[O-])cc1S(=O)(=O)N(C)CC(=O)Nc1ccc(Cl)c(Cl)c1. The van der Waals surface area contributed by atoms with Crippen LogP contribution in [0.1, 0.15) is 12.5 Å². The molecule has 0 aliphatic carbocycles. The van der Waals surface area contributed by atoms with Crippen LogP contribution in [0, 0.1) is 10.1 Å². The van der Waals surface area contributed by atoms with Gasteiger partial charge in [0.05, 0.1) is 26.4 Å². The number of non-ortho nitro benzene ring substituents is 1. The van der Waals surface area contributed by atoms with Gasteiger partial charge in [-0.05, 0) is 30.2 Å². The molecular weight excluding hydrogens is 429 g/mol. The number of aryl methyl sites for hydroxylation is 1. The van der Waals surface area contributed by atoms with Crippen LogP contribution in [0.3, 0.4) is 0 Å². The average Bonchev–Trinajstić information content (AvgIpc) is 2.63. The highest BCUT2D eigenvalue weighted by Crippen LogP contribution is 2.26. The van der Waals surface area contributed by atoms with Crippen LogP contribution < -0.4 is 5.32 Å². The summed E-state index contributed by atoms with van der Waals surface area (Å²) in [6.07, 6.45) is 0.357. The number of nitrogens with zero attached hydrogens (tertiary/aromatic N) is 2. The van der Waals surface area contributed by atoms with E-state index in [0.717, 1.165) is 10.4 Å². The van der Waals surface area contributed by atoms with Crippen molar-refractivity contribution in [2.24, 2.45) is 0 Å². The second kappa shape index (κ2) is 8.87. The average molecular weight is 446 g/mol. The van der Waals surface area contributed by atoms with Gasteiger partial charge >= 0.3 is 0 Å². The Balaban J connectivity index is 2.23. The molecule has 0 aliphatic rings. The lowest BCUT2D eigenvalue weighted by Gasteiger charge is -2.18. The molecule has 1 amide bonds. The molecule has 28 heavy (non-hydrogen) atoms. The number of benzene rings is 2. The quantitative estimate of drug-likeness (QED) is 0.515. The Bertz CT molecular complexity index is 1030. The lowest BCUT2D eigenvalue weighted by molar-refractivity contribution is -0.385. The van der Waals surface area contributed by atoms with E-state index in [2.05, 4.69) is 5.32 Å². The monoisotopic (exact) mass is 445 g/mol. The van der Waals surface area contributed by atoms with Crippen molar-refractivity contribution in [3.63, 3.8) is 0 Å². The minimum Gasteiger partial charge on any atom is -0.325 e. The zero-order valence-electron chi connectivity index (χ0n) is 15.0. The van der Waals surface area contributed by atoms with Crippen molar-refractivity contribution in [1.82, 2.24) is 4.31 Å². The number of nitrogens with one attached hydrogen (secondary N) is 1. The second-order valence-corrected chi connectivity index (χ2v) is 8.67. The number of sulfonamides is 1. The number of carbonyl (C=O) groups excluding carboxylic acids is 1. The summed E-state index contributed by atoms with van der Waals surface area (Å²) in [5.41, 5.74) is 0.432. The van der Waals surface area contributed by atoms with Crippen molar-refractivity contribution in [3.8, 4) is 0 Å². The maximum Gasteiger partial charge on any atom is 0.270 e. The van der Waals surface area contributed by atoms with Crippen LogP contribution in [0.25, 0.3) is 0 Å². The van der Waals surface area contributed by atoms with Gasteiger partial charge < -0.3 is 5.32 Å². The Morgan fingerprint density at radius 1 is 1.18 bits per heavy atom. The highest BCUT2D eigenvalue weighted by atomic mass is 35.5. The molecule has 1 N–H and O–H groups in total. The molecule has 0 radical (unpaired) electrons. The summed E-state index contributed by atoms with van der Waals surface area (Å²) >= 11 is 11.7. The standard InChI is InChI=1S/C17H17Cl2N3O5S/c1-3-11-4-6-13(22(24)25)9-16(11)28(26,27)21(2)10-17(23)20-12-5-7-14(18)15(19)8-12/h4-9H,3,10H2,1-2H3,(H,20,23). The van der Waals surface area contributed by atoms with Gasteiger partial charge in [-0.3, -0.25) is 14.9 Å². The number of anilines is 1. The first kappa shape index (κ1) is 22.1. The normalized spacial score (nSPS) is 11.5. The van der Waals surface area contributed by atoms with E-state index in [-0.39, 0.29) is 15.6 Å². The molecule has 11 heteroatoms. The molecule has 2 rings (SSSR count). The molecular formula is C17H17Cl2N3O5S. The van der Waals surface area contributed by atoms with Crippen LogP contribution in [0.5, 0.6) is 0 Å². The number of carbonyl (C=O) groups is 1. The molecule has 0 heterocycles. The molecule has 8 nitrogen and oxygen atoms in total. The van der Waals surface area contributed by atoms with Crippen LogP contribution in [-0.2, 0) is 21.2 Å². The van der Waals surface area contributed by atoms with Crippen LogP contribution in [0.15, 0.2) is 41.3 Å². The highest BCUT2D eigenvalue weighted by Gasteiger charge is 2.27. The van der Waals surface area contributed by atoms with E-state index in [4.69, 9.17) is 23.2 Å². The van der Waals surface area contributed by atoms with Crippen molar-refractivity contribution >= 4 is 50.5 Å². The molecule has 0 aliphatic heterocycles. The van der Waals surface area contributed by atoms with Crippen molar-refractivity contribution < 1.29 is 18.1 Å². The molecule has 2 aromatic carbocycles. The first-order valence-electron chi connectivity index (χ1n) is 8.04. The fourth-order valence-electron chi connectivity index (χ4n) is 2.42. The van der Waals surface area contributed by atoms with Crippen molar-refractivity contribution in [1.29, 1.82) is 0 Å². The largest absolute Gasteiger partial charge is 0.325 e. The summed E-state index contributed by atoms with van der Waals surface area (Å²) in [6.45, 7) is 1.24. The van der Waals surface area contributed by atoms with Crippen LogP contribution >= 0.6 is 23.2 Å². The van der Waals surface area contributed by atoms with Crippen LogP contribution in [-0.4, -0.2) is 37.1 Å². The predicted octanol–water partition coefficient (Wildman–Crippen LogP) is 3.72. The van der Waals surface area contributed by atoms with Gasteiger partial charge in [0.25, 0.3) is 5.69 Å². The van der Waals surface area contributed by atoms with E-state index in [1.807, 2.05) is 0 Å². The minimum absolute atomic E-state index is 0.200. The number of halogens is 2. The topological polar surface area (TPSA) is 110 Å². The molecule has 2 aromatic rings. The van der Waals surface area contributed by atoms with Crippen molar-refractivity contribution in [2.75, 3.05) is 18.9 Å². The maximum absolute atomic E-state index is 12.9. The molecule has 0 saturated heterocycles. The van der Waals surface area contributed by atoms with Crippen LogP contribution in [0.2, 0.25) is 10.0 Å². The maximum atomic E-state index is 12.9. The summed E-state index contributed by atoms with van der Waals surface area (Å²) in [6, 6.07) is 8.10. The first-order valence-corrected chi connectivity index (χ1v) is 10.2. The Morgan fingerprint density at radius 3 is 2.43 bits per heavy atom. The minimum atomic E-state index is -4.12. The zero-order valence-corrected chi connectivity index (χ0v) is 17.3. The molecule has 0 saturated carbocycles. The summed E-state index contributed by atoms with van der Waals surface area (Å²) in [4.78, 5) is 22.3. The van der Waals surface area contributed by atoms with Crippen LogP contribution in [0.4, 0.5) is 11.4 Å². The molecule has 0 unspecified atom stereocenters. The lowest BCUT2D eigenvalue weighted by atomic mass is 10.1. The van der Waals surface area contributed by atoms with E-state index in [0.29, 0.717) is 22.7 Å². The van der Waals surface area contributed by atoms with Gasteiger partial charge in [0.1, 0.15) is 0 Å². The second-order valence-electron chi connectivity index (χ2n) is 5.84. The number of likely N-dealkylation sites (N-methyl/N-ethyl adjacent to an activating group) is 1. The number of nitro benzene ring substituents is 1. The molecule has 0 bridgehead atoms. The van der Waals surface area contributed by atoms with E-state index in [1.54, 1.807) is 6.92 Å². The fraction of sp³-hybridized carbons (Fsp3) is 0.235. The smallest absolute Gasteiger partial charge is 0.270 e. The van der Waals surface area contributed by atoms with Gasteiger partial charge in [0, 0.05) is 24.9 Å². The number of hydrogen-bond donors (Lipinski definition) is 1. The summed E-state index contributed by atoms with van der Waals surface area (Å²) < 4.78 is 26.5. The number of amides is 1. The fourth-order valence-corrected chi connectivity index (χ4v) is 4.15. The van der Waals surface area contributed by atoms with Gasteiger partial charge in [0.15, 0.2) is 0 Å². The Labute approximate surface area is 172 Å². The van der Waals surface area contributed by atoms with E-state index in [1.165, 1.54) is 37.4 Å². The highest BCUT2D eigenvalue weighted by molar-refractivity contribution is 7.89. The molecule has 0 atom stereocenters. The van der Waals surface area contributed by atoms with Gasteiger partial charge in [-0.25, -0.2) is 8.42 Å². The Morgan fingerprint density at radius 2 is 1.86 bits per heavy atom. The summed E-state index contributed by atoms with van der Waals surface area (Å²) in [5, 5.41) is 14.1. The van der Waals surface area contributed by atoms with Gasteiger partial charge in [-0.1, -0.05) is 36.2 Å². The summed E-state index contributed by atoms with van der Waals surface area (Å²) in [7, 11) is -2.89.